The molecule has 2 aliphatic rings. The van der Waals surface area contributed by atoms with E-state index in [4.69, 9.17) is 10.00 Å². The second-order valence-electron chi connectivity index (χ2n) is 5.25. The van der Waals surface area contributed by atoms with E-state index in [0.29, 0.717) is 25.4 Å². The van der Waals surface area contributed by atoms with Crippen LogP contribution < -0.4 is 0 Å². The maximum Gasteiger partial charge on any atom is 0.222 e. The number of hydrogen-bond acceptors (Lipinski definition) is 3. The van der Waals surface area contributed by atoms with Gasteiger partial charge in [-0.05, 0) is 38.5 Å². The molecule has 0 aromatic carbocycles. The van der Waals surface area contributed by atoms with E-state index < -0.39 is 0 Å². The van der Waals surface area contributed by atoms with Crippen molar-refractivity contribution in [3.8, 4) is 6.07 Å². The lowest BCUT2D eigenvalue weighted by atomic mass is 10.0. The first-order valence-electron chi connectivity index (χ1n) is 7.09. The predicted molar refractivity (Wildman–Crippen MR) is 67.8 cm³/mol. The number of carbonyl (C=O) groups excluding carboxylic acids is 1. The molecule has 0 aromatic heterocycles. The molecule has 0 N–H and O–H groups in total. The molecule has 0 radical (unpaired) electrons. The van der Waals surface area contributed by atoms with Crippen molar-refractivity contribution in [3.05, 3.63) is 0 Å². The Kier molecular flexibility index (Phi) is 5.00. The highest BCUT2D eigenvalue weighted by Gasteiger charge is 2.32. The summed E-state index contributed by atoms with van der Waals surface area (Å²) in [5.41, 5.74) is 0. The van der Waals surface area contributed by atoms with E-state index in [9.17, 15) is 4.79 Å². The Bertz CT molecular complexity index is 314. The molecule has 4 nitrogen and oxygen atoms in total. The second kappa shape index (κ2) is 6.75. The molecule has 1 atom stereocenters. The van der Waals surface area contributed by atoms with Crippen LogP contribution in [0, 0.1) is 11.3 Å². The van der Waals surface area contributed by atoms with Crippen LogP contribution in [-0.4, -0.2) is 36.1 Å². The van der Waals surface area contributed by atoms with Crippen LogP contribution in [0.5, 0.6) is 0 Å². The van der Waals surface area contributed by atoms with Gasteiger partial charge < -0.3 is 9.64 Å². The zero-order chi connectivity index (χ0) is 12.8. The van der Waals surface area contributed by atoms with Crippen LogP contribution in [0.3, 0.4) is 0 Å². The van der Waals surface area contributed by atoms with Crippen molar-refractivity contribution in [3.63, 3.8) is 0 Å². The van der Waals surface area contributed by atoms with Gasteiger partial charge in [-0.25, -0.2) is 0 Å². The van der Waals surface area contributed by atoms with E-state index in [2.05, 4.69) is 6.07 Å². The standard InChI is InChI=1S/C14H22N2O2/c15-9-3-10-16(12-5-6-12)14(17)8-7-13-4-1-2-11-18-13/h12-13H,1-8,10-11H2. The average molecular weight is 250 g/mol. The summed E-state index contributed by atoms with van der Waals surface area (Å²) in [4.78, 5) is 14.0. The predicted octanol–water partition coefficient (Wildman–Crippen LogP) is 2.24. The van der Waals surface area contributed by atoms with Crippen LogP contribution >= 0.6 is 0 Å². The van der Waals surface area contributed by atoms with Gasteiger partial charge in [0.15, 0.2) is 0 Å². The lowest BCUT2D eigenvalue weighted by molar-refractivity contribution is -0.132. The Morgan fingerprint density at radius 3 is 2.78 bits per heavy atom. The van der Waals surface area contributed by atoms with Crippen LogP contribution in [0.15, 0.2) is 0 Å². The van der Waals surface area contributed by atoms with Crippen LogP contribution in [0.25, 0.3) is 0 Å². The quantitative estimate of drug-likeness (QED) is 0.726. The van der Waals surface area contributed by atoms with Gasteiger partial charge in [-0.2, -0.15) is 5.26 Å². The van der Waals surface area contributed by atoms with Gasteiger partial charge in [0.1, 0.15) is 0 Å². The average Bonchev–Trinajstić information content (AvgIpc) is 3.22. The molecule has 2 fully saturated rings. The molecule has 18 heavy (non-hydrogen) atoms. The summed E-state index contributed by atoms with van der Waals surface area (Å²) in [5.74, 6) is 0.210. The topological polar surface area (TPSA) is 53.3 Å². The van der Waals surface area contributed by atoms with Gasteiger partial charge in [-0.3, -0.25) is 4.79 Å². The summed E-state index contributed by atoms with van der Waals surface area (Å²) in [6.45, 7) is 1.45. The minimum atomic E-state index is 0.210. The van der Waals surface area contributed by atoms with Crippen molar-refractivity contribution < 1.29 is 9.53 Å². The second-order valence-corrected chi connectivity index (χ2v) is 5.25. The van der Waals surface area contributed by atoms with Crippen LogP contribution in [-0.2, 0) is 9.53 Å². The molecule has 1 aliphatic heterocycles. The Balaban J connectivity index is 1.72. The summed E-state index contributed by atoms with van der Waals surface area (Å²) < 4.78 is 5.64. The number of amides is 1. The highest BCUT2D eigenvalue weighted by molar-refractivity contribution is 5.76. The fourth-order valence-corrected chi connectivity index (χ4v) is 2.53. The van der Waals surface area contributed by atoms with Gasteiger partial charge in [0, 0.05) is 25.6 Å². The van der Waals surface area contributed by atoms with Crippen molar-refractivity contribution in [1.29, 1.82) is 5.26 Å². The lowest BCUT2D eigenvalue weighted by Crippen LogP contribution is -2.34. The Hall–Kier alpha value is -1.08. The maximum atomic E-state index is 12.1. The van der Waals surface area contributed by atoms with Crippen LogP contribution in [0.4, 0.5) is 0 Å². The van der Waals surface area contributed by atoms with Gasteiger partial charge >= 0.3 is 0 Å². The van der Waals surface area contributed by atoms with E-state index >= 15 is 0 Å². The van der Waals surface area contributed by atoms with E-state index in [1.807, 2.05) is 4.90 Å². The number of nitrogens with zero attached hydrogens (tertiary/aromatic N) is 2. The molecular weight excluding hydrogens is 228 g/mol. The molecule has 1 unspecified atom stereocenters. The van der Waals surface area contributed by atoms with Crippen molar-refractivity contribution in [1.82, 2.24) is 4.90 Å². The normalized spacial score (nSPS) is 23.4. The molecule has 1 heterocycles. The van der Waals surface area contributed by atoms with E-state index in [1.54, 1.807) is 0 Å². The van der Waals surface area contributed by atoms with Gasteiger partial charge in [0.2, 0.25) is 5.91 Å². The molecule has 0 spiro atoms. The lowest BCUT2D eigenvalue weighted by Gasteiger charge is -2.25. The third-order valence-corrected chi connectivity index (χ3v) is 3.73. The Morgan fingerprint density at radius 2 is 2.17 bits per heavy atom. The molecule has 4 heteroatoms. The molecular formula is C14H22N2O2. The van der Waals surface area contributed by atoms with Crippen LogP contribution in [0.1, 0.15) is 51.4 Å². The molecule has 0 aromatic rings. The van der Waals surface area contributed by atoms with Gasteiger partial charge in [-0.15, -0.1) is 0 Å². The van der Waals surface area contributed by atoms with Crippen molar-refractivity contribution in [2.24, 2.45) is 0 Å². The highest BCUT2D eigenvalue weighted by Crippen LogP contribution is 2.28. The summed E-state index contributed by atoms with van der Waals surface area (Å²) in [6.07, 6.45) is 7.83. The number of rotatable bonds is 6. The minimum absolute atomic E-state index is 0.210. The third kappa shape index (κ3) is 3.99. The first-order chi connectivity index (χ1) is 8.81. The van der Waals surface area contributed by atoms with Crippen LogP contribution in [0.2, 0.25) is 0 Å². The molecule has 0 bridgehead atoms. The molecule has 1 aliphatic carbocycles. The van der Waals surface area contributed by atoms with Gasteiger partial charge in [0.05, 0.1) is 18.6 Å². The number of carbonyl (C=O) groups is 1. The molecule has 1 amide bonds. The number of hydrogen-bond donors (Lipinski definition) is 0. The zero-order valence-electron chi connectivity index (χ0n) is 10.9. The van der Waals surface area contributed by atoms with Gasteiger partial charge in [0.25, 0.3) is 0 Å². The SMILES string of the molecule is N#CCCN(C(=O)CCC1CCCCO1)C1CC1. The monoisotopic (exact) mass is 250 g/mol. The number of ether oxygens (including phenoxy) is 1. The minimum Gasteiger partial charge on any atom is -0.378 e. The van der Waals surface area contributed by atoms with E-state index in [0.717, 1.165) is 38.7 Å². The van der Waals surface area contributed by atoms with Crippen molar-refractivity contribution >= 4 is 5.91 Å². The first-order valence-corrected chi connectivity index (χ1v) is 7.09. The van der Waals surface area contributed by atoms with Crippen molar-refractivity contribution in [2.45, 2.75) is 63.5 Å². The fourth-order valence-electron chi connectivity index (χ4n) is 2.53. The summed E-state index contributed by atoms with van der Waals surface area (Å²) >= 11 is 0. The van der Waals surface area contributed by atoms with Gasteiger partial charge in [-0.1, -0.05) is 0 Å². The van der Waals surface area contributed by atoms with E-state index in [1.165, 1.54) is 6.42 Å². The summed E-state index contributed by atoms with van der Waals surface area (Å²) in [6, 6.07) is 2.54. The summed E-state index contributed by atoms with van der Waals surface area (Å²) in [7, 11) is 0. The smallest absolute Gasteiger partial charge is 0.222 e. The van der Waals surface area contributed by atoms with E-state index in [-0.39, 0.29) is 12.0 Å². The summed E-state index contributed by atoms with van der Waals surface area (Å²) in [5, 5.41) is 8.62. The fraction of sp³-hybridized carbons (Fsp3) is 0.857. The molecule has 1 saturated heterocycles. The Labute approximate surface area is 109 Å². The third-order valence-electron chi connectivity index (χ3n) is 3.73. The Morgan fingerprint density at radius 1 is 1.33 bits per heavy atom. The molecule has 100 valence electrons. The first kappa shape index (κ1) is 13.4. The van der Waals surface area contributed by atoms with Crippen molar-refractivity contribution in [2.75, 3.05) is 13.2 Å². The largest absolute Gasteiger partial charge is 0.378 e. The number of nitriles is 1. The zero-order valence-corrected chi connectivity index (χ0v) is 10.9. The highest BCUT2D eigenvalue weighted by atomic mass is 16.5. The molecule has 1 saturated carbocycles. The molecule has 2 rings (SSSR count). The maximum absolute atomic E-state index is 12.1.